The Labute approximate surface area is 182 Å². The maximum Gasteiger partial charge on any atom is 0.266 e. The first kappa shape index (κ1) is 22.0. The molecule has 2 saturated heterocycles. The highest BCUT2D eigenvalue weighted by molar-refractivity contribution is 8.26. The van der Waals surface area contributed by atoms with Gasteiger partial charge < -0.3 is 4.90 Å². The van der Waals surface area contributed by atoms with E-state index in [0.717, 1.165) is 38.2 Å². The molecule has 2 aliphatic heterocycles. The molecule has 1 aromatic rings. The molecule has 0 aliphatic carbocycles. The van der Waals surface area contributed by atoms with Gasteiger partial charge in [-0.15, -0.1) is 0 Å². The van der Waals surface area contributed by atoms with E-state index < -0.39 is 0 Å². The van der Waals surface area contributed by atoms with Crippen molar-refractivity contribution in [3.8, 4) is 0 Å². The fourth-order valence-electron chi connectivity index (χ4n) is 3.24. The van der Waals surface area contributed by atoms with Crippen LogP contribution in [0, 0.1) is 0 Å². The Hall–Kier alpha value is -1.74. The number of carbonyl (C=O) groups is 2. The van der Waals surface area contributed by atoms with Crippen molar-refractivity contribution in [3.05, 3.63) is 40.3 Å². The van der Waals surface area contributed by atoms with Crippen molar-refractivity contribution in [3.63, 3.8) is 0 Å². The number of hydrogen-bond donors (Lipinski definition) is 1. The van der Waals surface area contributed by atoms with E-state index in [1.165, 1.54) is 17.3 Å². The number of nitrogens with zero attached hydrogens (tertiary/aromatic N) is 3. The topological polar surface area (TPSA) is 55.9 Å². The monoisotopic (exact) mass is 432 g/mol. The molecule has 1 N–H and O–H groups in total. The second kappa shape index (κ2) is 10.3. The molecule has 3 rings (SSSR count). The third-order valence-corrected chi connectivity index (χ3v) is 6.51. The lowest BCUT2D eigenvalue weighted by atomic mass is 10.1. The second-order valence-corrected chi connectivity index (χ2v) is 9.03. The summed E-state index contributed by atoms with van der Waals surface area (Å²) in [6.45, 7) is 6.15. The van der Waals surface area contributed by atoms with E-state index in [1.807, 2.05) is 23.2 Å². The molecule has 0 bridgehead atoms. The lowest BCUT2D eigenvalue weighted by Crippen LogP contribution is -2.52. The summed E-state index contributed by atoms with van der Waals surface area (Å²) >= 11 is 6.71. The van der Waals surface area contributed by atoms with E-state index in [2.05, 4.69) is 36.4 Å². The van der Waals surface area contributed by atoms with Crippen molar-refractivity contribution in [2.45, 2.75) is 26.2 Å². The van der Waals surface area contributed by atoms with E-state index in [9.17, 15) is 9.59 Å². The first-order valence-electron chi connectivity index (χ1n) is 10.0. The molecule has 1 aromatic carbocycles. The minimum atomic E-state index is -0.0703. The van der Waals surface area contributed by atoms with Crippen LogP contribution >= 0.6 is 24.0 Å². The predicted octanol–water partition coefficient (Wildman–Crippen LogP) is 2.51. The molecule has 29 heavy (non-hydrogen) atoms. The van der Waals surface area contributed by atoms with Crippen LogP contribution < -0.4 is 5.43 Å². The van der Waals surface area contributed by atoms with Gasteiger partial charge >= 0.3 is 0 Å². The highest BCUT2D eigenvalue weighted by atomic mass is 32.2. The minimum absolute atomic E-state index is 0.00782. The molecule has 0 radical (unpaired) electrons. The Morgan fingerprint density at radius 2 is 1.90 bits per heavy atom. The average Bonchev–Trinajstić information content (AvgIpc) is 2.97. The number of rotatable bonds is 7. The average molecular weight is 433 g/mol. The van der Waals surface area contributed by atoms with Gasteiger partial charge in [0, 0.05) is 39.1 Å². The van der Waals surface area contributed by atoms with Gasteiger partial charge in [-0.2, -0.15) is 0 Å². The van der Waals surface area contributed by atoms with Gasteiger partial charge in [-0.3, -0.25) is 19.9 Å². The Morgan fingerprint density at radius 3 is 2.55 bits per heavy atom. The van der Waals surface area contributed by atoms with E-state index in [4.69, 9.17) is 12.2 Å². The zero-order chi connectivity index (χ0) is 20.8. The van der Waals surface area contributed by atoms with Gasteiger partial charge in [-0.05, 0) is 37.1 Å². The van der Waals surface area contributed by atoms with Crippen LogP contribution in [0.25, 0.3) is 6.08 Å². The molecule has 0 spiro atoms. The molecule has 2 heterocycles. The molecule has 0 atom stereocenters. The molecule has 0 aromatic heterocycles. The van der Waals surface area contributed by atoms with Crippen molar-refractivity contribution in [2.24, 2.45) is 0 Å². The number of hydrazine groups is 1. The Morgan fingerprint density at radius 1 is 1.21 bits per heavy atom. The summed E-state index contributed by atoms with van der Waals surface area (Å²) in [5.41, 5.74) is 5.22. The predicted molar refractivity (Wildman–Crippen MR) is 122 cm³/mol. The second-order valence-electron chi connectivity index (χ2n) is 7.36. The molecule has 0 unspecified atom stereocenters. The molecule has 6 nitrogen and oxygen atoms in total. The maximum atomic E-state index is 12.7. The first-order chi connectivity index (χ1) is 14.0. The lowest BCUT2D eigenvalue weighted by molar-refractivity contribution is -0.127. The zero-order valence-corrected chi connectivity index (χ0v) is 18.7. The summed E-state index contributed by atoms with van der Waals surface area (Å²) in [6.07, 6.45) is 3.84. The van der Waals surface area contributed by atoms with Crippen LogP contribution in [0.2, 0.25) is 0 Å². The summed E-state index contributed by atoms with van der Waals surface area (Å²) in [6, 6.07) is 8.19. The summed E-state index contributed by atoms with van der Waals surface area (Å²) in [5.74, 6) is -0.0782. The van der Waals surface area contributed by atoms with Crippen molar-refractivity contribution >= 4 is 46.2 Å². The van der Waals surface area contributed by atoms with Gasteiger partial charge in [0.1, 0.15) is 4.32 Å². The highest BCUT2D eigenvalue weighted by Gasteiger charge is 2.31. The smallest absolute Gasteiger partial charge is 0.266 e. The number of aryl methyl sites for hydroxylation is 1. The van der Waals surface area contributed by atoms with Crippen LogP contribution in [-0.4, -0.2) is 70.7 Å². The van der Waals surface area contributed by atoms with E-state index in [1.54, 1.807) is 4.90 Å². The Balaban J connectivity index is 1.47. The summed E-state index contributed by atoms with van der Waals surface area (Å²) in [4.78, 5) is 29.4. The summed E-state index contributed by atoms with van der Waals surface area (Å²) < 4.78 is 0.561. The SMILES string of the molecule is CCc1ccc(/C=C2/SC(=S)N(CCCC(=O)NN3CCN(C)CC3)C2=O)cc1. The number of benzene rings is 1. The van der Waals surface area contributed by atoms with Crippen LogP contribution in [0.5, 0.6) is 0 Å². The minimum Gasteiger partial charge on any atom is -0.304 e. The normalized spacial score (nSPS) is 19.9. The molecule has 0 saturated carbocycles. The zero-order valence-electron chi connectivity index (χ0n) is 17.0. The third kappa shape index (κ3) is 6.12. The number of carbonyl (C=O) groups excluding carboxylic acids is 2. The van der Waals surface area contributed by atoms with Gasteiger partial charge in [0.05, 0.1) is 4.91 Å². The number of nitrogens with one attached hydrogen (secondary N) is 1. The van der Waals surface area contributed by atoms with Gasteiger partial charge in [0.25, 0.3) is 5.91 Å². The molecule has 2 fully saturated rings. The fourth-order valence-corrected chi connectivity index (χ4v) is 4.55. The van der Waals surface area contributed by atoms with Crippen molar-refractivity contribution < 1.29 is 9.59 Å². The number of hydrogen-bond acceptors (Lipinski definition) is 6. The number of thioether (sulfide) groups is 1. The molecular formula is C21H28N4O2S2. The van der Waals surface area contributed by atoms with E-state index in [0.29, 0.717) is 28.6 Å². The van der Waals surface area contributed by atoms with Crippen LogP contribution in [0.4, 0.5) is 0 Å². The standard InChI is InChI=1S/C21H28N4O2S2/c1-3-16-6-8-17(9-7-16)15-18-20(27)25(21(28)29-18)10-4-5-19(26)22-24-13-11-23(2)12-14-24/h6-9,15H,3-5,10-14H2,1-2H3,(H,22,26)/b18-15+. The van der Waals surface area contributed by atoms with Crippen molar-refractivity contribution in [2.75, 3.05) is 39.8 Å². The number of amides is 2. The third-order valence-electron chi connectivity index (χ3n) is 5.13. The Bertz CT molecular complexity index is 786. The van der Waals surface area contributed by atoms with Crippen LogP contribution in [0.1, 0.15) is 30.9 Å². The number of piperazine rings is 1. The first-order valence-corrected chi connectivity index (χ1v) is 11.3. The quantitative estimate of drug-likeness (QED) is 0.528. The number of thiocarbonyl (C=S) groups is 1. The van der Waals surface area contributed by atoms with Gasteiger partial charge in [-0.25, -0.2) is 5.01 Å². The Kier molecular flexibility index (Phi) is 7.83. The largest absolute Gasteiger partial charge is 0.304 e. The summed E-state index contributed by atoms with van der Waals surface area (Å²) in [5, 5.41) is 1.97. The van der Waals surface area contributed by atoms with Gasteiger partial charge in [0.15, 0.2) is 0 Å². The highest BCUT2D eigenvalue weighted by Crippen LogP contribution is 2.32. The molecule has 156 valence electrons. The number of likely N-dealkylation sites (N-methyl/N-ethyl adjacent to an activating group) is 1. The van der Waals surface area contributed by atoms with Gasteiger partial charge in [0.2, 0.25) is 5.91 Å². The van der Waals surface area contributed by atoms with Crippen LogP contribution in [-0.2, 0) is 16.0 Å². The van der Waals surface area contributed by atoms with Crippen LogP contribution in [0.15, 0.2) is 29.2 Å². The van der Waals surface area contributed by atoms with E-state index in [-0.39, 0.29) is 11.8 Å². The van der Waals surface area contributed by atoms with Gasteiger partial charge in [-0.1, -0.05) is 55.2 Å². The van der Waals surface area contributed by atoms with E-state index >= 15 is 0 Å². The molecule has 2 amide bonds. The fraction of sp³-hybridized carbons (Fsp3) is 0.476. The molecule has 8 heteroatoms. The van der Waals surface area contributed by atoms with Crippen LogP contribution in [0.3, 0.4) is 0 Å². The van der Waals surface area contributed by atoms with Crippen molar-refractivity contribution in [1.29, 1.82) is 0 Å². The maximum absolute atomic E-state index is 12.7. The van der Waals surface area contributed by atoms with Crippen molar-refractivity contribution in [1.82, 2.24) is 20.2 Å². The molecular weight excluding hydrogens is 404 g/mol. The lowest BCUT2D eigenvalue weighted by Gasteiger charge is -2.32. The molecule has 2 aliphatic rings. The summed E-state index contributed by atoms with van der Waals surface area (Å²) in [7, 11) is 2.08.